The number of carbonyl (C=O) groups is 2. The van der Waals surface area contributed by atoms with Crippen LogP contribution < -0.4 is 5.32 Å². The predicted molar refractivity (Wildman–Crippen MR) is 83.2 cm³/mol. The van der Waals surface area contributed by atoms with Gasteiger partial charge < -0.3 is 10.0 Å². The molecule has 2 aliphatic rings. The molecule has 2 heterocycles. The Kier molecular flexibility index (Phi) is 4.34. The first kappa shape index (κ1) is 14.6. The van der Waals surface area contributed by atoms with E-state index in [4.69, 9.17) is 5.11 Å². The highest BCUT2D eigenvalue weighted by Crippen LogP contribution is 2.40. The minimum Gasteiger partial charge on any atom is -0.481 e. The van der Waals surface area contributed by atoms with Gasteiger partial charge in [0, 0.05) is 29.3 Å². The lowest BCUT2D eigenvalue weighted by molar-refractivity contribution is -0.137. The van der Waals surface area contributed by atoms with Gasteiger partial charge in [0.1, 0.15) is 0 Å². The molecule has 0 spiro atoms. The summed E-state index contributed by atoms with van der Waals surface area (Å²) in [7, 11) is 0. The van der Waals surface area contributed by atoms with Gasteiger partial charge in [0.15, 0.2) is 5.13 Å². The molecule has 2 amide bonds. The Labute approximate surface area is 130 Å². The van der Waals surface area contributed by atoms with E-state index in [-0.39, 0.29) is 18.5 Å². The molecule has 114 valence electrons. The largest absolute Gasteiger partial charge is 0.481 e. The summed E-state index contributed by atoms with van der Waals surface area (Å²) < 4.78 is 0. The van der Waals surface area contributed by atoms with E-state index in [0.717, 1.165) is 11.4 Å². The summed E-state index contributed by atoms with van der Waals surface area (Å²) in [5.74, 6) is 1.21. The first-order chi connectivity index (χ1) is 10.1. The Morgan fingerprint density at radius 3 is 3.00 bits per heavy atom. The van der Waals surface area contributed by atoms with Crippen LogP contribution in [-0.4, -0.2) is 51.1 Å². The van der Waals surface area contributed by atoms with Gasteiger partial charge >= 0.3 is 12.0 Å². The molecule has 1 atom stereocenters. The van der Waals surface area contributed by atoms with Crippen molar-refractivity contribution in [1.29, 1.82) is 0 Å². The number of carbonyl (C=O) groups excluding carboxylic acids is 1. The molecule has 8 heteroatoms. The quantitative estimate of drug-likeness (QED) is 0.887. The Morgan fingerprint density at radius 2 is 2.29 bits per heavy atom. The number of anilines is 1. The highest BCUT2D eigenvalue weighted by molar-refractivity contribution is 7.99. The van der Waals surface area contributed by atoms with Crippen LogP contribution in [-0.2, 0) is 4.79 Å². The number of urea groups is 1. The highest BCUT2D eigenvalue weighted by Gasteiger charge is 2.30. The fourth-order valence-electron chi connectivity index (χ4n) is 2.37. The fraction of sp³-hybridized carbons (Fsp3) is 0.615. The molecule has 3 rings (SSSR count). The molecule has 0 bridgehead atoms. The van der Waals surface area contributed by atoms with E-state index in [9.17, 15) is 9.59 Å². The van der Waals surface area contributed by atoms with Crippen LogP contribution in [0.2, 0.25) is 0 Å². The van der Waals surface area contributed by atoms with Crippen molar-refractivity contribution in [3.8, 4) is 0 Å². The number of thiazole rings is 1. The molecule has 1 saturated heterocycles. The molecule has 6 nitrogen and oxygen atoms in total. The van der Waals surface area contributed by atoms with Crippen LogP contribution in [0.1, 0.15) is 30.9 Å². The fourth-order valence-corrected chi connectivity index (χ4v) is 4.21. The maximum Gasteiger partial charge on any atom is 0.323 e. The second-order valence-electron chi connectivity index (χ2n) is 5.30. The van der Waals surface area contributed by atoms with Crippen molar-refractivity contribution in [2.24, 2.45) is 0 Å². The lowest BCUT2D eigenvalue weighted by Gasteiger charge is -2.34. The van der Waals surface area contributed by atoms with Crippen molar-refractivity contribution in [1.82, 2.24) is 9.88 Å². The minimum absolute atomic E-state index is 0.00832. The van der Waals surface area contributed by atoms with Crippen LogP contribution in [0, 0.1) is 0 Å². The molecule has 1 saturated carbocycles. The zero-order valence-electron chi connectivity index (χ0n) is 11.4. The molecular weight excluding hydrogens is 310 g/mol. The van der Waals surface area contributed by atoms with Gasteiger partial charge in [0.05, 0.1) is 18.2 Å². The molecule has 0 aromatic carbocycles. The second-order valence-corrected chi connectivity index (χ2v) is 7.31. The molecule has 2 fully saturated rings. The zero-order chi connectivity index (χ0) is 14.8. The number of carboxylic acids is 1. The first-order valence-corrected chi connectivity index (χ1v) is 8.99. The smallest absolute Gasteiger partial charge is 0.323 e. The minimum atomic E-state index is -0.870. The van der Waals surface area contributed by atoms with Gasteiger partial charge in [-0.2, -0.15) is 11.8 Å². The topological polar surface area (TPSA) is 82.5 Å². The molecule has 1 aliphatic carbocycles. The molecule has 21 heavy (non-hydrogen) atoms. The lowest BCUT2D eigenvalue weighted by Crippen LogP contribution is -2.48. The maximum absolute atomic E-state index is 12.3. The molecule has 1 aliphatic heterocycles. The molecule has 2 N–H and O–H groups in total. The van der Waals surface area contributed by atoms with Gasteiger partial charge in [-0.15, -0.1) is 11.3 Å². The lowest BCUT2D eigenvalue weighted by atomic mass is 10.2. The number of rotatable bonds is 4. The van der Waals surface area contributed by atoms with E-state index >= 15 is 0 Å². The number of nitrogens with one attached hydrogen (secondary N) is 1. The van der Waals surface area contributed by atoms with Crippen molar-refractivity contribution in [2.75, 3.05) is 23.4 Å². The van der Waals surface area contributed by atoms with Crippen LogP contribution in [0.3, 0.4) is 0 Å². The third kappa shape index (κ3) is 3.68. The van der Waals surface area contributed by atoms with Crippen molar-refractivity contribution in [2.45, 2.75) is 31.2 Å². The maximum atomic E-state index is 12.3. The van der Waals surface area contributed by atoms with Gasteiger partial charge in [-0.25, -0.2) is 9.78 Å². The summed E-state index contributed by atoms with van der Waals surface area (Å²) in [6.07, 6.45) is 2.36. The number of thioether (sulfide) groups is 1. The number of nitrogens with zero attached hydrogens (tertiary/aromatic N) is 2. The Morgan fingerprint density at radius 1 is 1.48 bits per heavy atom. The highest BCUT2D eigenvalue weighted by atomic mass is 32.2. The Hall–Kier alpha value is -1.28. The van der Waals surface area contributed by atoms with Gasteiger partial charge in [0.25, 0.3) is 0 Å². The van der Waals surface area contributed by atoms with Crippen LogP contribution in [0.15, 0.2) is 5.38 Å². The van der Waals surface area contributed by atoms with Crippen LogP contribution in [0.25, 0.3) is 0 Å². The summed E-state index contributed by atoms with van der Waals surface area (Å²) >= 11 is 3.12. The Balaban J connectivity index is 1.62. The van der Waals surface area contributed by atoms with Gasteiger partial charge in [0.2, 0.25) is 0 Å². The monoisotopic (exact) mass is 327 g/mol. The number of amides is 2. The number of carboxylic acid groups (broad SMARTS) is 1. The summed E-state index contributed by atoms with van der Waals surface area (Å²) in [6.45, 7) is 0.579. The second kappa shape index (κ2) is 6.23. The Bertz CT molecular complexity index is 545. The van der Waals surface area contributed by atoms with Crippen LogP contribution in [0.4, 0.5) is 9.93 Å². The van der Waals surface area contributed by atoms with E-state index in [0.29, 0.717) is 23.3 Å². The van der Waals surface area contributed by atoms with Crippen molar-refractivity contribution in [3.05, 3.63) is 11.1 Å². The molecule has 0 radical (unpaired) electrons. The van der Waals surface area contributed by atoms with E-state index < -0.39 is 5.97 Å². The SMILES string of the molecule is O=C(O)CC1CSCCN1C(=O)Nc1nc(C2CC2)cs1. The van der Waals surface area contributed by atoms with Gasteiger partial charge in [-0.1, -0.05) is 0 Å². The number of hydrogen-bond acceptors (Lipinski definition) is 5. The van der Waals surface area contributed by atoms with Crippen molar-refractivity contribution < 1.29 is 14.7 Å². The van der Waals surface area contributed by atoms with E-state index in [1.54, 1.807) is 16.7 Å². The van der Waals surface area contributed by atoms with Crippen LogP contribution >= 0.6 is 23.1 Å². The third-order valence-electron chi connectivity index (χ3n) is 3.63. The normalized spacial score (nSPS) is 22.1. The average molecular weight is 327 g/mol. The van der Waals surface area contributed by atoms with E-state index in [1.165, 1.54) is 24.2 Å². The summed E-state index contributed by atoms with van der Waals surface area (Å²) in [5.41, 5.74) is 1.06. The molecule has 1 aromatic rings. The average Bonchev–Trinajstić information content (AvgIpc) is 3.19. The molecular formula is C13H17N3O3S2. The van der Waals surface area contributed by atoms with E-state index in [1.807, 2.05) is 5.38 Å². The summed E-state index contributed by atoms with van der Waals surface area (Å²) in [6, 6.07) is -0.484. The predicted octanol–water partition coefficient (Wildman–Crippen LogP) is 2.44. The van der Waals surface area contributed by atoms with E-state index in [2.05, 4.69) is 10.3 Å². The molecule has 1 aromatic heterocycles. The van der Waals surface area contributed by atoms with Crippen molar-refractivity contribution >= 4 is 40.2 Å². The number of hydrogen-bond donors (Lipinski definition) is 2. The van der Waals surface area contributed by atoms with Crippen molar-refractivity contribution in [3.63, 3.8) is 0 Å². The molecule has 1 unspecified atom stereocenters. The first-order valence-electron chi connectivity index (χ1n) is 6.96. The standard InChI is InChI=1S/C13H17N3O3S2/c17-11(18)5-9-6-20-4-3-16(9)13(19)15-12-14-10(7-21-12)8-1-2-8/h7-9H,1-6H2,(H,17,18)(H,14,15,19). The third-order valence-corrected chi connectivity index (χ3v) is 5.50. The number of aliphatic carboxylic acids is 1. The number of aromatic nitrogens is 1. The van der Waals surface area contributed by atoms with Gasteiger partial charge in [-0.3, -0.25) is 10.1 Å². The van der Waals surface area contributed by atoms with Crippen LogP contribution in [0.5, 0.6) is 0 Å². The zero-order valence-corrected chi connectivity index (χ0v) is 13.1. The van der Waals surface area contributed by atoms with Gasteiger partial charge in [-0.05, 0) is 12.8 Å². The summed E-state index contributed by atoms with van der Waals surface area (Å²) in [5, 5.41) is 14.4. The summed E-state index contributed by atoms with van der Waals surface area (Å²) in [4.78, 5) is 29.3.